The molecule has 2 fully saturated rings. The Balaban J connectivity index is 1.23. The molecule has 0 saturated carbocycles. The van der Waals surface area contributed by atoms with Gasteiger partial charge >= 0.3 is 0 Å². The van der Waals surface area contributed by atoms with E-state index in [1.807, 2.05) is 36.4 Å². The van der Waals surface area contributed by atoms with E-state index in [2.05, 4.69) is 38.7 Å². The van der Waals surface area contributed by atoms with Gasteiger partial charge in [-0.2, -0.15) is 0 Å². The lowest BCUT2D eigenvalue weighted by atomic mass is 9.97. The molecule has 32 heavy (non-hydrogen) atoms. The Kier molecular flexibility index (Phi) is 7.98. The maximum atomic E-state index is 12.6. The Bertz CT molecular complexity index is 859. The van der Waals surface area contributed by atoms with Gasteiger partial charge in [0.1, 0.15) is 12.0 Å². The molecule has 0 radical (unpaired) electrons. The van der Waals surface area contributed by atoms with Crippen molar-refractivity contribution in [3.8, 4) is 5.75 Å². The van der Waals surface area contributed by atoms with Crippen LogP contribution < -0.4 is 31.3 Å². The fourth-order valence-corrected chi connectivity index (χ4v) is 4.43. The normalized spacial score (nSPS) is 23.3. The molecule has 0 aromatic heterocycles. The van der Waals surface area contributed by atoms with Gasteiger partial charge in [-0.25, -0.2) is 0 Å². The SMILES string of the molecule is COc1ccc(C2CNC(Nc3cccc(C(=O)NCCC4CCCCN4)c3)NC2)cc1. The fourth-order valence-electron chi connectivity index (χ4n) is 4.43. The number of carbonyl (C=O) groups excluding carboxylic acids is 1. The monoisotopic (exact) mass is 437 g/mol. The predicted molar refractivity (Wildman–Crippen MR) is 128 cm³/mol. The Hall–Kier alpha value is -2.61. The zero-order chi connectivity index (χ0) is 22.2. The average Bonchev–Trinajstić information content (AvgIpc) is 2.85. The molecule has 0 bridgehead atoms. The van der Waals surface area contributed by atoms with Gasteiger partial charge < -0.3 is 20.7 Å². The number of ether oxygens (including phenoxy) is 1. The Morgan fingerprint density at radius 1 is 1.06 bits per heavy atom. The van der Waals surface area contributed by atoms with Crippen molar-refractivity contribution in [2.45, 2.75) is 43.9 Å². The van der Waals surface area contributed by atoms with Crippen LogP contribution in [0.15, 0.2) is 48.5 Å². The van der Waals surface area contributed by atoms with Crippen LogP contribution in [0.3, 0.4) is 0 Å². The summed E-state index contributed by atoms with van der Waals surface area (Å²) in [5.41, 5.74) is 2.88. The molecular formula is C25H35N5O2. The van der Waals surface area contributed by atoms with E-state index in [1.54, 1.807) is 7.11 Å². The number of hydrogen-bond donors (Lipinski definition) is 5. The largest absolute Gasteiger partial charge is 0.497 e. The van der Waals surface area contributed by atoms with Gasteiger partial charge in [-0.3, -0.25) is 15.4 Å². The second-order valence-electron chi connectivity index (χ2n) is 8.64. The summed E-state index contributed by atoms with van der Waals surface area (Å²) in [6.45, 7) is 3.53. The van der Waals surface area contributed by atoms with E-state index in [9.17, 15) is 4.79 Å². The van der Waals surface area contributed by atoms with Crippen LogP contribution in [0.4, 0.5) is 5.69 Å². The molecule has 1 unspecified atom stereocenters. The average molecular weight is 438 g/mol. The molecule has 7 nitrogen and oxygen atoms in total. The van der Waals surface area contributed by atoms with Gasteiger partial charge in [0.15, 0.2) is 0 Å². The second-order valence-corrected chi connectivity index (χ2v) is 8.64. The van der Waals surface area contributed by atoms with Crippen LogP contribution in [-0.4, -0.2) is 51.5 Å². The van der Waals surface area contributed by atoms with Crippen molar-refractivity contribution in [1.29, 1.82) is 0 Å². The highest BCUT2D eigenvalue weighted by Crippen LogP contribution is 2.21. The van der Waals surface area contributed by atoms with Crippen LogP contribution in [0.2, 0.25) is 0 Å². The summed E-state index contributed by atoms with van der Waals surface area (Å²) in [5, 5.41) is 17.0. The van der Waals surface area contributed by atoms with Crippen LogP contribution >= 0.6 is 0 Å². The first kappa shape index (κ1) is 22.6. The molecule has 2 heterocycles. The minimum absolute atomic E-state index is 0.0198. The van der Waals surface area contributed by atoms with Crippen molar-refractivity contribution in [3.63, 3.8) is 0 Å². The van der Waals surface area contributed by atoms with Crippen molar-refractivity contribution >= 4 is 11.6 Å². The molecule has 5 N–H and O–H groups in total. The summed E-state index contributed by atoms with van der Waals surface area (Å²) >= 11 is 0. The maximum Gasteiger partial charge on any atom is 0.251 e. The van der Waals surface area contributed by atoms with E-state index in [4.69, 9.17) is 4.74 Å². The van der Waals surface area contributed by atoms with Crippen LogP contribution in [0, 0.1) is 0 Å². The number of nitrogens with one attached hydrogen (secondary N) is 5. The lowest BCUT2D eigenvalue weighted by molar-refractivity contribution is 0.0951. The summed E-state index contributed by atoms with van der Waals surface area (Å²) in [7, 11) is 1.68. The minimum Gasteiger partial charge on any atom is -0.497 e. The molecule has 172 valence electrons. The van der Waals surface area contributed by atoms with Crippen LogP contribution in [0.1, 0.15) is 47.5 Å². The molecule has 0 spiro atoms. The van der Waals surface area contributed by atoms with Gasteiger partial charge in [-0.15, -0.1) is 0 Å². The van der Waals surface area contributed by atoms with Crippen molar-refractivity contribution in [2.24, 2.45) is 0 Å². The van der Waals surface area contributed by atoms with Gasteiger partial charge in [0.25, 0.3) is 5.91 Å². The Labute approximate surface area is 190 Å². The van der Waals surface area contributed by atoms with Gasteiger partial charge in [0, 0.05) is 42.8 Å². The van der Waals surface area contributed by atoms with E-state index in [1.165, 1.54) is 24.8 Å². The highest BCUT2D eigenvalue weighted by Gasteiger charge is 2.21. The fraction of sp³-hybridized carbons (Fsp3) is 0.480. The molecule has 1 amide bonds. The van der Waals surface area contributed by atoms with Gasteiger partial charge in [0.05, 0.1) is 7.11 Å². The zero-order valence-corrected chi connectivity index (χ0v) is 18.8. The molecule has 7 heteroatoms. The molecule has 2 aliphatic heterocycles. The van der Waals surface area contributed by atoms with Gasteiger partial charge in [0.2, 0.25) is 0 Å². The predicted octanol–water partition coefficient (Wildman–Crippen LogP) is 2.63. The minimum atomic E-state index is -0.0415. The van der Waals surface area contributed by atoms with Gasteiger partial charge in [-0.05, 0) is 61.7 Å². The second kappa shape index (κ2) is 11.3. The maximum absolute atomic E-state index is 12.6. The van der Waals surface area contributed by atoms with E-state index in [0.717, 1.165) is 37.5 Å². The summed E-state index contributed by atoms with van der Waals surface area (Å²) in [6.07, 6.45) is 4.68. The third-order valence-electron chi connectivity index (χ3n) is 6.35. The van der Waals surface area contributed by atoms with Crippen molar-refractivity contribution in [1.82, 2.24) is 21.3 Å². The number of hydrogen-bond acceptors (Lipinski definition) is 6. The zero-order valence-electron chi connectivity index (χ0n) is 18.8. The molecular weight excluding hydrogens is 402 g/mol. The molecule has 4 rings (SSSR count). The van der Waals surface area contributed by atoms with E-state index in [0.29, 0.717) is 24.1 Å². The number of methoxy groups -OCH3 is 1. The number of carbonyl (C=O) groups is 1. The van der Waals surface area contributed by atoms with Crippen LogP contribution in [0.25, 0.3) is 0 Å². The van der Waals surface area contributed by atoms with Crippen LogP contribution in [0.5, 0.6) is 5.75 Å². The summed E-state index contributed by atoms with van der Waals surface area (Å²) in [4.78, 5) is 12.6. The van der Waals surface area contributed by atoms with Crippen LogP contribution in [-0.2, 0) is 0 Å². The number of rotatable bonds is 8. The summed E-state index contributed by atoms with van der Waals surface area (Å²) in [5.74, 6) is 1.25. The summed E-state index contributed by atoms with van der Waals surface area (Å²) in [6, 6.07) is 16.4. The molecule has 1 atom stereocenters. The van der Waals surface area contributed by atoms with Crippen molar-refractivity contribution < 1.29 is 9.53 Å². The molecule has 2 aromatic carbocycles. The third-order valence-corrected chi connectivity index (χ3v) is 6.35. The lowest BCUT2D eigenvalue weighted by Crippen LogP contribution is -2.55. The van der Waals surface area contributed by atoms with E-state index < -0.39 is 0 Å². The quantitative estimate of drug-likeness (QED) is 0.437. The highest BCUT2D eigenvalue weighted by molar-refractivity contribution is 5.95. The first-order valence-corrected chi connectivity index (χ1v) is 11.7. The first-order valence-electron chi connectivity index (χ1n) is 11.7. The first-order chi connectivity index (χ1) is 15.7. The van der Waals surface area contributed by atoms with Crippen molar-refractivity contribution in [3.05, 3.63) is 59.7 Å². The Morgan fingerprint density at radius 3 is 2.59 bits per heavy atom. The number of amides is 1. The van der Waals surface area contributed by atoms with Crippen molar-refractivity contribution in [2.75, 3.05) is 38.6 Å². The Morgan fingerprint density at radius 2 is 1.88 bits per heavy atom. The molecule has 2 aromatic rings. The summed E-state index contributed by atoms with van der Waals surface area (Å²) < 4.78 is 5.24. The van der Waals surface area contributed by atoms with E-state index >= 15 is 0 Å². The number of benzene rings is 2. The molecule has 0 aliphatic carbocycles. The number of anilines is 1. The van der Waals surface area contributed by atoms with Gasteiger partial charge in [-0.1, -0.05) is 24.6 Å². The topological polar surface area (TPSA) is 86.5 Å². The number of piperidine rings is 1. The molecule has 2 saturated heterocycles. The lowest BCUT2D eigenvalue weighted by Gasteiger charge is -2.32. The molecule has 2 aliphatic rings. The smallest absolute Gasteiger partial charge is 0.251 e. The van der Waals surface area contributed by atoms with E-state index in [-0.39, 0.29) is 12.2 Å². The standard InChI is InChI=1S/C25H35N5O2/c1-32-23-10-8-18(9-11-23)20-16-28-25(29-17-20)30-22-7-4-5-19(15-22)24(31)27-14-12-21-6-2-3-13-26-21/h4-5,7-11,15,20-21,25-26,28-30H,2-3,6,12-14,16-17H2,1H3,(H,27,31). The third kappa shape index (κ3) is 6.22. The highest BCUT2D eigenvalue weighted by atomic mass is 16.5.